The standard InChI is InChI=1S/C30H34ClN5O2S/c1-3-35(4-2)25-14-10-21(11-15-25)26-20-39-30(32-26)23-16-18-36(19-17-23)28(37)7-5-6-27-33-29(34-38-27)22-8-12-24(31)13-9-22/h8-15,20,23H,3-7,16-19H2,1-2H3. The number of amides is 1. The second-order valence-electron chi connectivity index (χ2n) is 9.82. The molecular formula is C30H34ClN5O2S. The monoisotopic (exact) mass is 563 g/mol. The number of carbonyl (C=O) groups is 1. The number of hydrogen-bond acceptors (Lipinski definition) is 7. The van der Waals surface area contributed by atoms with Crippen molar-refractivity contribution >= 4 is 34.5 Å². The third-order valence-electron chi connectivity index (χ3n) is 7.36. The van der Waals surface area contributed by atoms with E-state index in [1.165, 1.54) is 10.7 Å². The molecule has 0 atom stereocenters. The van der Waals surface area contributed by atoms with Crippen molar-refractivity contribution in [3.8, 4) is 22.6 Å². The molecular weight excluding hydrogens is 530 g/mol. The van der Waals surface area contributed by atoms with E-state index in [0.29, 0.717) is 41.9 Å². The number of carbonyl (C=O) groups excluding carboxylic acids is 1. The highest BCUT2D eigenvalue weighted by molar-refractivity contribution is 7.10. The summed E-state index contributed by atoms with van der Waals surface area (Å²) < 4.78 is 5.37. The normalized spacial score (nSPS) is 14.1. The molecule has 0 bridgehead atoms. The van der Waals surface area contributed by atoms with E-state index >= 15 is 0 Å². The molecule has 1 aliphatic heterocycles. The lowest BCUT2D eigenvalue weighted by Gasteiger charge is -2.31. The van der Waals surface area contributed by atoms with Gasteiger partial charge in [0.25, 0.3) is 0 Å². The second-order valence-corrected chi connectivity index (χ2v) is 11.1. The van der Waals surface area contributed by atoms with Crippen molar-refractivity contribution in [1.29, 1.82) is 0 Å². The van der Waals surface area contributed by atoms with Crippen molar-refractivity contribution in [2.75, 3.05) is 31.1 Å². The van der Waals surface area contributed by atoms with Crippen LogP contribution in [0.1, 0.15) is 56.3 Å². The van der Waals surface area contributed by atoms with Gasteiger partial charge in [0.05, 0.1) is 10.7 Å². The van der Waals surface area contributed by atoms with Crippen LogP contribution in [0.3, 0.4) is 0 Å². The van der Waals surface area contributed by atoms with Crippen molar-refractivity contribution in [2.24, 2.45) is 0 Å². The lowest BCUT2D eigenvalue weighted by Crippen LogP contribution is -2.37. The van der Waals surface area contributed by atoms with Crippen molar-refractivity contribution in [1.82, 2.24) is 20.0 Å². The summed E-state index contributed by atoms with van der Waals surface area (Å²) in [5.41, 5.74) is 4.30. The van der Waals surface area contributed by atoms with Crippen molar-refractivity contribution in [3.05, 3.63) is 69.8 Å². The van der Waals surface area contributed by atoms with Crippen LogP contribution in [-0.2, 0) is 11.2 Å². The van der Waals surface area contributed by atoms with Crippen LogP contribution < -0.4 is 4.90 Å². The third kappa shape index (κ3) is 6.68. The Bertz CT molecular complexity index is 1360. The van der Waals surface area contributed by atoms with Crippen LogP contribution in [0.5, 0.6) is 0 Å². The van der Waals surface area contributed by atoms with Gasteiger partial charge >= 0.3 is 0 Å². The quantitative estimate of drug-likeness (QED) is 0.205. The molecule has 0 N–H and O–H groups in total. The topological polar surface area (TPSA) is 75.4 Å². The Labute approximate surface area is 238 Å². The van der Waals surface area contributed by atoms with Gasteiger partial charge in [-0.05, 0) is 69.5 Å². The zero-order valence-corrected chi connectivity index (χ0v) is 24.0. The molecule has 0 saturated carbocycles. The summed E-state index contributed by atoms with van der Waals surface area (Å²) >= 11 is 7.68. The number of halogens is 1. The van der Waals surface area contributed by atoms with Gasteiger partial charge in [0, 0.05) is 72.2 Å². The van der Waals surface area contributed by atoms with Crippen LogP contribution in [0.2, 0.25) is 5.02 Å². The number of hydrogen-bond donors (Lipinski definition) is 0. The van der Waals surface area contributed by atoms with Crippen LogP contribution in [-0.4, -0.2) is 52.1 Å². The lowest BCUT2D eigenvalue weighted by molar-refractivity contribution is -0.132. The van der Waals surface area contributed by atoms with E-state index in [9.17, 15) is 4.79 Å². The van der Waals surface area contributed by atoms with Crippen LogP contribution in [0.4, 0.5) is 5.69 Å². The van der Waals surface area contributed by atoms with Gasteiger partial charge in [-0.1, -0.05) is 28.9 Å². The molecule has 3 heterocycles. The molecule has 0 radical (unpaired) electrons. The molecule has 7 nitrogen and oxygen atoms in total. The Kier molecular flexibility index (Phi) is 8.94. The fourth-order valence-corrected chi connectivity index (χ4v) is 6.16. The number of nitrogens with zero attached hydrogens (tertiary/aromatic N) is 5. The molecule has 2 aromatic carbocycles. The molecule has 204 valence electrons. The summed E-state index contributed by atoms with van der Waals surface area (Å²) in [4.78, 5) is 26.6. The highest BCUT2D eigenvalue weighted by Crippen LogP contribution is 2.33. The molecule has 1 fully saturated rings. The molecule has 9 heteroatoms. The molecule has 39 heavy (non-hydrogen) atoms. The van der Waals surface area contributed by atoms with Gasteiger partial charge in [0.2, 0.25) is 17.6 Å². The van der Waals surface area contributed by atoms with Gasteiger partial charge in [0.1, 0.15) is 0 Å². The van der Waals surface area contributed by atoms with E-state index in [4.69, 9.17) is 21.1 Å². The summed E-state index contributed by atoms with van der Waals surface area (Å²) in [7, 11) is 0. The molecule has 0 unspecified atom stereocenters. The van der Waals surface area contributed by atoms with E-state index in [-0.39, 0.29) is 5.91 Å². The SMILES string of the molecule is CCN(CC)c1ccc(-c2csc(C3CCN(C(=O)CCCc4nc(-c5ccc(Cl)cc5)no4)CC3)n2)cc1. The maximum atomic E-state index is 12.8. The molecule has 1 aliphatic rings. The highest BCUT2D eigenvalue weighted by atomic mass is 35.5. The first kappa shape index (κ1) is 27.3. The first-order valence-corrected chi connectivity index (χ1v) is 15.0. The number of rotatable bonds is 10. The number of benzene rings is 2. The summed E-state index contributed by atoms with van der Waals surface area (Å²) in [6.07, 6.45) is 3.65. The number of anilines is 1. The Morgan fingerprint density at radius 2 is 1.72 bits per heavy atom. The average molecular weight is 564 g/mol. The van der Waals surface area contributed by atoms with Gasteiger partial charge in [-0.2, -0.15) is 4.98 Å². The van der Waals surface area contributed by atoms with E-state index in [1.807, 2.05) is 17.0 Å². The fourth-order valence-electron chi connectivity index (χ4n) is 5.04. The summed E-state index contributed by atoms with van der Waals surface area (Å²) in [6.45, 7) is 7.91. The highest BCUT2D eigenvalue weighted by Gasteiger charge is 2.26. The minimum absolute atomic E-state index is 0.194. The lowest BCUT2D eigenvalue weighted by atomic mass is 9.97. The predicted octanol–water partition coefficient (Wildman–Crippen LogP) is 7.09. The van der Waals surface area contributed by atoms with Crippen molar-refractivity contribution < 1.29 is 9.32 Å². The predicted molar refractivity (Wildman–Crippen MR) is 157 cm³/mol. The summed E-state index contributed by atoms with van der Waals surface area (Å²) in [5.74, 6) is 1.69. The summed E-state index contributed by atoms with van der Waals surface area (Å²) in [6, 6.07) is 16.0. The van der Waals surface area contributed by atoms with Crippen LogP contribution in [0.15, 0.2) is 58.4 Å². The van der Waals surface area contributed by atoms with Crippen LogP contribution >= 0.6 is 22.9 Å². The number of piperidine rings is 1. The van der Waals surface area contributed by atoms with Crippen molar-refractivity contribution in [3.63, 3.8) is 0 Å². The largest absolute Gasteiger partial charge is 0.372 e. The Morgan fingerprint density at radius 1 is 1.03 bits per heavy atom. The first-order chi connectivity index (χ1) is 19.0. The van der Waals surface area contributed by atoms with E-state index < -0.39 is 0 Å². The molecule has 1 saturated heterocycles. The number of thiazole rings is 1. The molecule has 2 aromatic heterocycles. The fraction of sp³-hybridized carbons (Fsp3) is 0.400. The summed E-state index contributed by atoms with van der Waals surface area (Å²) in [5, 5.41) is 8.05. The zero-order valence-electron chi connectivity index (χ0n) is 22.5. The third-order valence-corrected chi connectivity index (χ3v) is 8.62. The van der Waals surface area contributed by atoms with E-state index in [2.05, 4.69) is 58.5 Å². The minimum atomic E-state index is 0.194. The Hall–Kier alpha value is -3.23. The maximum absolute atomic E-state index is 12.8. The van der Waals surface area contributed by atoms with Crippen LogP contribution in [0.25, 0.3) is 22.6 Å². The number of aromatic nitrogens is 3. The number of likely N-dealkylation sites (tertiary alicyclic amines) is 1. The van der Waals surface area contributed by atoms with Gasteiger partial charge < -0.3 is 14.3 Å². The van der Waals surface area contributed by atoms with Gasteiger partial charge in [-0.15, -0.1) is 11.3 Å². The average Bonchev–Trinajstić information content (AvgIpc) is 3.65. The molecule has 5 rings (SSSR count). The smallest absolute Gasteiger partial charge is 0.226 e. The van der Waals surface area contributed by atoms with Gasteiger partial charge in [-0.3, -0.25) is 4.79 Å². The Morgan fingerprint density at radius 3 is 2.41 bits per heavy atom. The van der Waals surface area contributed by atoms with Gasteiger partial charge in [-0.25, -0.2) is 4.98 Å². The molecule has 4 aromatic rings. The molecule has 0 spiro atoms. The minimum Gasteiger partial charge on any atom is -0.372 e. The van der Waals surface area contributed by atoms with E-state index in [0.717, 1.165) is 55.8 Å². The number of aryl methyl sites for hydroxylation is 1. The molecule has 1 amide bonds. The Balaban J connectivity index is 1.07. The second kappa shape index (κ2) is 12.7. The van der Waals surface area contributed by atoms with Crippen molar-refractivity contribution in [2.45, 2.75) is 51.9 Å². The zero-order chi connectivity index (χ0) is 27.2. The first-order valence-electron chi connectivity index (χ1n) is 13.7. The van der Waals surface area contributed by atoms with E-state index in [1.54, 1.807) is 23.5 Å². The van der Waals surface area contributed by atoms with Gasteiger partial charge in [0.15, 0.2) is 0 Å². The molecule has 0 aliphatic carbocycles. The maximum Gasteiger partial charge on any atom is 0.226 e. The van der Waals surface area contributed by atoms with Crippen LogP contribution in [0, 0.1) is 0 Å².